The highest BCUT2D eigenvalue weighted by Gasteiger charge is 2.76. The summed E-state index contributed by atoms with van der Waals surface area (Å²) in [6.07, 6.45) is 1.21. The van der Waals surface area contributed by atoms with Gasteiger partial charge in [-0.3, -0.25) is 4.79 Å². The van der Waals surface area contributed by atoms with Crippen molar-refractivity contribution in [2.24, 2.45) is 23.7 Å². The van der Waals surface area contributed by atoms with Gasteiger partial charge in [0.15, 0.2) is 8.32 Å². The first-order valence-electron chi connectivity index (χ1n) is 11.0. The van der Waals surface area contributed by atoms with E-state index >= 15 is 0 Å². The number of halogens is 1. The number of ether oxygens (including phenoxy) is 3. The summed E-state index contributed by atoms with van der Waals surface area (Å²) in [5, 5.41) is 0. The fourth-order valence-electron chi connectivity index (χ4n) is 6.65. The van der Waals surface area contributed by atoms with Gasteiger partial charge in [-0.15, -0.1) is 0 Å². The van der Waals surface area contributed by atoms with Crippen molar-refractivity contribution >= 4 is 36.9 Å². The minimum atomic E-state index is -1.93. The Kier molecular flexibility index (Phi) is 5.37. The van der Waals surface area contributed by atoms with Crippen LogP contribution in [0.2, 0.25) is 19.6 Å². The second kappa shape index (κ2) is 7.54. The second-order valence-corrected chi connectivity index (χ2v) is 16.7. The fourth-order valence-corrected chi connectivity index (χ4v) is 9.94. The van der Waals surface area contributed by atoms with E-state index in [1.165, 1.54) is 5.56 Å². The number of benzene rings is 1. The normalized spacial score (nSPS) is 42.1. The number of carbonyl (C=O) groups is 1. The molecule has 6 bridgehead atoms. The lowest BCUT2D eigenvalue weighted by molar-refractivity contribution is -0.281. The van der Waals surface area contributed by atoms with Gasteiger partial charge in [-0.2, -0.15) is 0 Å². The SMILES string of the molecule is C[Si](C)(C)O[C@]12CC(=O)O[C@@H]3C[C@H]4[C@H](COC[C@]41I)[C@@H](COCc1ccccc1)[C@@H]32. The lowest BCUT2D eigenvalue weighted by atomic mass is 9.45. The highest BCUT2D eigenvalue weighted by Crippen LogP contribution is 2.68. The van der Waals surface area contributed by atoms with Gasteiger partial charge in [0.1, 0.15) is 6.10 Å². The summed E-state index contributed by atoms with van der Waals surface area (Å²) in [6, 6.07) is 10.3. The van der Waals surface area contributed by atoms with Crippen LogP contribution in [0.1, 0.15) is 18.4 Å². The Morgan fingerprint density at radius 1 is 1.23 bits per heavy atom. The number of rotatable bonds is 6. The third-order valence-electron chi connectivity index (χ3n) is 7.47. The van der Waals surface area contributed by atoms with Crippen molar-refractivity contribution in [3.63, 3.8) is 0 Å². The molecule has 0 amide bonds. The van der Waals surface area contributed by atoms with E-state index in [-0.39, 0.29) is 27.3 Å². The minimum Gasteiger partial charge on any atom is -0.462 e. The van der Waals surface area contributed by atoms with Gasteiger partial charge in [0.2, 0.25) is 0 Å². The van der Waals surface area contributed by atoms with Gasteiger partial charge in [0.05, 0.1) is 41.9 Å². The van der Waals surface area contributed by atoms with Crippen LogP contribution >= 0.6 is 22.6 Å². The molecule has 30 heavy (non-hydrogen) atoms. The molecule has 7 atom stereocenters. The summed E-state index contributed by atoms with van der Waals surface area (Å²) in [5.41, 5.74) is 0.667. The molecule has 7 heteroatoms. The Hall–Kier alpha value is -0.483. The molecule has 0 spiro atoms. The van der Waals surface area contributed by atoms with Crippen LogP contribution in [0, 0.1) is 23.7 Å². The number of esters is 1. The first-order valence-corrected chi connectivity index (χ1v) is 15.5. The Morgan fingerprint density at radius 3 is 2.73 bits per heavy atom. The highest BCUT2D eigenvalue weighted by molar-refractivity contribution is 14.1. The summed E-state index contributed by atoms with van der Waals surface area (Å²) in [5.74, 6) is 1.20. The van der Waals surface area contributed by atoms with Crippen LogP contribution < -0.4 is 0 Å². The summed E-state index contributed by atoms with van der Waals surface area (Å²) in [6.45, 7) is 9.36. The molecule has 0 N–H and O–H groups in total. The Labute approximate surface area is 193 Å². The molecule has 5 fully saturated rings. The second-order valence-electron chi connectivity index (χ2n) is 10.4. The van der Waals surface area contributed by atoms with Crippen LogP contribution in [-0.4, -0.2) is 49.2 Å². The molecule has 3 aliphatic carbocycles. The molecule has 0 radical (unpaired) electrons. The Balaban J connectivity index is 1.48. The van der Waals surface area contributed by atoms with Crippen molar-refractivity contribution in [3.05, 3.63) is 35.9 Å². The Morgan fingerprint density at radius 2 is 2.00 bits per heavy atom. The first kappa shape index (κ1) is 21.4. The lowest BCUT2D eigenvalue weighted by Crippen LogP contribution is -2.81. The van der Waals surface area contributed by atoms with E-state index < -0.39 is 13.9 Å². The van der Waals surface area contributed by atoms with Crippen LogP contribution in [0.4, 0.5) is 0 Å². The molecule has 0 unspecified atom stereocenters. The highest BCUT2D eigenvalue weighted by atomic mass is 127. The van der Waals surface area contributed by atoms with Gasteiger partial charge in [-0.1, -0.05) is 52.9 Å². The molecule has 3 saturated carbocycles. The van der Waals surface area contributed by atoms with Crippen LogP contribution in [0.3, 0.4) is 0 Å². The standard InChI is InChI=1S/C23H31IO5Si/c1-30(2,3)29-23-10-20(25)28-19-9-18-16(12-27-14-22(18,23)24)17(21(19)23)13-26-11-15-7-5-4-6-8-15/h4-8,16-19,21H,9-14H2,1-3H3/t16-,17-,18+,19-,21+,22+,23+/m1/s1. The van der Waals surface area contributed by atoms with E-state index in [4.69, 9.17) is 18.6 Å². The molecule has 2 heterocycles. The van der Waals surface area contributed by atoms with E-state index in [0.29, 0.717) is 38.1 Å². The average molecular weight is 542 g/mol. The monoisotopic (exact) mass is 542 g/mol. The average Bonchev–Trinajstić information content (AvgIpc) is 2.66. The van der Waals surface area contributed by atoms with E-state index in [1.54, 1.807) is 0 Å². The molecule has 6 rings (SSSR count). The smallest absolute Gasteiger partial charge is 0.309 e. The van der Waals surface area contributed by atoms with Gasteiger partial charge < -0.3 is 18.6 Å². The quantitative estimate of drug-likeness (QED) is 0.234. The molecule has 5 aliphatic rings. The summed E-state index contributed by atoms with van der Waals surface area (Å²) in [4.78, 5) is 12.7. The Bertz CT molecular complexity index is 814. The zero-order chi connectivity index (χ0) is 21.1. The number of carbonyl (C=O) groups excluding carboxylic acids is 1. The van der Waals surface area contributed by atoms with Gasteiger partial charge in [0, 0.05) is 5.92 Å². The summed E-state index contributed by atoms with van der Waals surface area (Å²) in [7, 11) is -1.93. The maximum Gasteiger partial charge on any atom is 0.309 e. The molecule has 5 nitrogen and oxygen atoms in total. The van der Waals surface area contributed by atoms with Crippen molar-refractivity contribution in [3.8, 4) is 0 Å². The van der Waals surface area contributed by atoms with E-state index in [2.05, 4.69) is 54.4 Å². The molecule has 2 aliphatic heterocycles. The van der Waals surface area contributed by atoms with E-state index in [0.717, 1.165) is 13.0 Å². The minimum absolute atomic E-state index is 0.0600. The van der Waals surface area contributed by atoms with Crippen LogP contribution in [0.5, 0.6) is 0 Å². The van der Waals surface area contributed by atoms with Crippen molar-refractivity contribution in [2.45, 2.75) is 54.2 Å². The third kappa shape index (κ3) is 3.30. The van der Waals surface area contributed by atoms with Crippen LogP contribution in [-0.2, 0) is 30.0 Å². The van der Waals surface area contributed by atoms with E-state index in [9.17, 15) is 4.79 Å². The lowest BCUT2D eigenvalue weighted by Gasteiger charge is -2.72. The van der Waals surface area contributed by atoms with Crippen molar-refractivity contribution in [1.82, 2.24) is 0 Å². The predicted octanol–water partition coefficient (Wildman–Crippen LogP) is 4.20. The largest absolute Gasteiger partial charge is 0.462 e. The van der Waals surface area contributed by atoms with E-state index in [1.807, 2.05) is 18.2 Å². The molecule has 1 aromatic carbocycles. The zero-order valence-corrected chi connectivity index (χ0v) is 21.1. The fraction of sp³-hybridized carbons (Fsp3) is 0.696. The van der Waals surface area contributed by atoms with Crippen molar-refractivity contribution in [2.75, 3.05) is 19.8 Å². The maximum absolute atomic E-state index is 12.7. The number of alkyl halides is 1. The molecule has 1 aromatic rings. The van der Waals surface area contributed by atoms with Gasteiger partial charge in [0.25, 0.3) is 0 Å². The van der Waals surface area contributed by atoms with Crippen molar-refractivity contribution < 1.29 is 23.4 Å². The molecule has 164 valence electrons. The van der Waals surface area contributed by atoms with Gasteiger partial charge in [-0.25, -0.2) is 0 Å². The zero-order valence-electron chi connectivity index (χ0n) is 17.9. The van der Waals surface area contributed by atoms with Crippen LogP contribution in [0.25, 0.3) is 0 Å². The predicted molar refractivity (Wildman–Crippen MR) is 124 cm³/mol. The molecular weight excluding hydrogens is 511 g/mol. The molecule has 2 saturated heterocycles. The van der Waals surface area contributed by atoms with Gasteiger partial charge >= 0.3 is 5.97 Å². The number of hydrogen-bond donors (Lipinski definition) is 0. The summed E-state index contributed by atoms with van der Waals surface area (Å²) < 4.78 is 25.2. The van der Waals surface area contributed by atoms with Crippen molar-refractivity contribution in [1.29, 1.82) is 0 Å². The molecular formula is C23H31IO5Si. The topological polar surface area (TPSA) is 54.0 Å². The number of hydrogen-bond acceptors (Lipinski definition) is 5. The summed E-state index contributed by atoms with van der Waals surface area (Å²) >= 11 is 2.60. The van der Waals surface area contributed by atoms with Gasteiger partial charge in [-0.05, 0) is 49.4 Å². The third-order valence-corrected chi connectivity index (χ3v) is 10.5. The molecule has 0 aromatic heterocycles. The van der Waals surface area contributed by atoms with Crippen LogP contribution in [0.15, 0.2) is 30.3 Å². The first-order chi connectivity index (χ1) is 14.2. The maximum atomic E-state index is 12.7.